The van der Waals surface area contributed by atoms with Gasteiger partial charge < -0.3 is 4.74 Å². The lowest BCUT2D eigenvalue weighted by Gasteiger charge is -2.05. The van der Waals surface area contributed by atoms with Crippen LogP contribution in [0.4, 0.5) is 13.2 Å². The molecular weight excluding hydrogens is 373 g/mol. The Hall–Kier alpha value is -1.35. The van der Waals surface area contributed by atoms with Crippen LogP contribution in [0.25, 0.3) is 10.6 Å². The van der Waals surface area contributed by atoms with Crippen molar-refractivity contribution in [2.45, 2.75) is 19.6 Å². The lowest BCUT2D eigenvalue weighted by Crippen LogP contribution is -2.16. The van der Waals surface area contributed by atoms with Gasteiger partial charge in [-0.15, -0.1) is 11.3 Å². The zero-order valence-corrected chi connectivity index (χ0v) is 13.2. The molecule has 0 amide bonds. The molecule has 0 aliphatic carbocycles. The molecule has 0 radical (unpaired) electrons. The molecule has 0 saturated heterocycles. The maximum Gasteiger partial charge on any atom is 0.435 e. The van der Waals surface area contributed by atoms with E-state index in [0.29, 0.717) is 4.88 Å². The van der Waals surface area contributed by atoms with Crippen LogP contribution in [0.5, 0.6) is 0 Å². The fourth-order valence-corrected chi connectivity index (χ4v) is 3.06. The molecule has 4 nitrogen and oxygen atoms in total. The summed E-state index contributed by atoms with van der Waals surface area (Å²) in [5.74, 6) is -0.633. The number of alkyl halides is 3. The first kappa shape index (κ1) is 16.0. The summed E-state index contributed by atoms with van der Waals surface area (Å²) in [5.41, 5.74) is -0.808. The zero-order valence-electron chi connectivity index (χ0n) is 10.8. The smallest absolute Gasteiger partial charge is 0.435 e. The molecule has 0 spiro atoms. The number of carbonyl (C=O) groups excluding carboxylic acids is 1. The highest BCUT2D eigenvalue weighted by Crippen LogP contribution is 2.35. The number of ether oxygens (including phenoxy) is 1. The van der Waals surface area contributed by atoms with Crippen LogP contribution in [0, 0.1) is 0 Å². The Morgan fingerprint density at radius 3 is 2.71 bits per heavy atom. The summed E-state index contributed by atoms with van der Waals surface area (Å²) in [7, 11) is 0. The molecule has 21 heavy (non-hydrogen) atoms. The summed E-state index contributed by atoms with van der Waals surface area (Å²) in [6.45, 7) is 1.42. The highest BCUT2D eigenvalue weighted by molar-refractivity contribution is 9.11. The van der Waals surface area contributed by atoms with E-state index in [1.807, 2.05) is 0 Å². The molecule has 2 aromatic rings. The van der Waals surface area contributed by atoms with Crippen LogP contribution in [0.3, 0.4) is 0 Å². The van der Waals surface area contributed by atoms with Crippen molar-refractivity contribution in [3.05, 3.63) is 27.7 Å². The highest BCUT2D eigenvalue weighted by atomic mass is 79.9. The van der Waals surface area contributed by atoms with Gasteiger partial charge in [-0.25, -0.2) is 0 Å². The van der Waals surface area contributed by atoms with Gasteiger partial charge in [0.15, 0.2) is 5.69 Å². The summed E-state index contributed by atoms with van der Waals surface area (Å²) in [6.07, 6.45) is -4.57. The molecule has 0 aromatic carbocycles. The van der Waals surface area contributed by atoms with E-state index in [0.717, 1.165) is 14.5 Å². The Bertz CT molecular complexity index is 651. The Morgan fingerprint density at radius 1 is 1.48 bits per heavy atom. The predicted molar refractivity (Wildman–Crippen MR) is 74.9 cm³/mol. The van der Waals surface area contributed by atoms with Gasteiger partial charge in [-0.1, -0.05) is 0 Å². The van der Waals surface area contributed by atoms with Crippen LogP contribution in [0.15, 0.2) is 22.0 Å². The third kappa shape index (κ3) is 3.85. The second-order valence-electron chi connectivity index (χ2n) is 3.98. The van der Waals surface area contributed by atoms with E-state index in [-0.39, 0.29) is 18.8 Å². The molecule has 0 aliphatic heterocycles. The monoisotopic (exact) mass is 382 g/mol. The number of halogens is 4. The van der Waals surface area contributed by atoms with Crippen LogP contribution in [-0.4, -0.2) is 22.4 Å². The zero-order chi connectivity index (χ0) is 15.6. The second-order valence-corrected chi connectivity index (χ2v) is 6.44. The number of esters is 1. The van der Waals surface area contributed by atoms with E-state index in [2.05, 4.69) is 21.0 Å². The number of hydrogen-bond donors (Lipinski definition) is 0. The minimum Gasteiger partial charge on any atom is -0.465 e. The van der Waals surface area contributed by atoms with Gasteiger partial charge in [0.2, 0.25) is 0 Å². The maximum absolute atomic E-state index is 12.8. The molecule has 0 unspecified atom stereocenters. The van der Waals surface area contributed by atoms with Gasteiger partial charge in [-0.2, -0.15) is 18.3 Å². The molecule has 0 fully saturated rings. The highest BCUT2D eigenvalue weighted by Gasteiger charge is 2.35. The first-order valence-electron chi connectivity index (χ1n) is 5.87. The molecular formula is C12H10BrF3N2O2S. The van der Waals surface area contributed by atoms with Crippen molar-refractivity contribution in [3.8, 4) is 10.6 Å². The van der Waals surface area contributed by atoms with Gasteiger partial charge in [-0.05, 0) is 41.1 Å². The average molecular weight is 383 g/mol. The Balaban J connectivity index is 2.41. The lowest BCUT2D eigenvalue weighted by atomic mass is 10.3. The Labute approximate surface area is 130 Å². The fourth-order valence-electron chi connectivity index (χ4n) is 1.66. The number of aromatic nitrogens is 2. The summed E-state index contributed by atoms with van der Waals surface area (Å²) < 4.78 is 44.9. The molecule has 0 saturated carbocycles. The SMILES string of the molecule is CCOC(=O)Cn1nc(C(F)(F)F)cc1-c1ccc(Br)s1. The largest absolute Gasteiger partial charge is 0.465 e. The van der Waals surface area contributed by atoms with Crippen LogP contribution in [0.1, 0.15) is 12.6 Å². The molecule has 114 valence electrons. The van der Waals surface area contributed by atoms with Crippen molar-refractivity contribution in [3.63, 3.8) is 0 Å². The lowest BCUT2D eigenvalue weighted by molar-refractivity contribution is -0.146. The average Bonchev–Trinajstić information content (AvgIpc) is 2.95. The van der Waals surface area contributed by atoms with Gasteiger partial charge in [0.25, 0.3) is 0 Å². The van der Waals surface area contributed by atoms with Crippen LogP contribution >= 0.6 is 27.3 Å². The van der Waals surface area contributed by atoms with Gasteiger partial charge in [-0.3, -0.25) is 9.48 Å². The van der Waals surface area contributed by atoms with Crippen molar-refractivity contribution in [2.75, 3.05) is 6.61 Å². The van der Waals surface area contributed by atoms with E-state index in [1.165, 1.54) is 11.3 Å². The molecule has 2 aromatic heterocycles. The van der Waals surface area contributed by atoms with Crippen molar-refractivity contribution in [1.82, 2.24) is 9.78 Å². The standard InChI is InChI=1S/C12H10BrF3N2O2S/c1-2-20-11(19)6-18-7(8-3-4-10(13)21-8)5-9(17-18)12(14,15)16/h3-5H,2,6H2,1H3. The van der Waals surface area contributed by atoms with Crippen molar-refractivity contribution in [2.24, 2.45) is 0 Å². The number of thiophene rings is 1. The minimum absolute atomic E-state index is 0.159. The second kappa shape index (κ2) is 6.18. The van der Waals surface area contributed by atoms with Crippen molar-refractivity contribution in [1.29, 1.82) is 0 Å². The molecule has 0 bridgehead atoms. The van der Waals surface area contributed by atoms with Crippen molar-refractivity contribution >= 4 is 33.2 Å². The minimum atomic E-state index is -4.57. The van der Waals surface area contributed by atoms with E-state index in [4.69, 9.17) is 4.74 Å². The summed E-state index contributed by atoms with van der Waals surface area (Å²) >= 11 is 4.51. The number of carbonyl (C=O) groups is 1. The quantitative estimate of drug-likeness (QED) is 0.751. The molecule has 0 atom stereocenters. The van der Waals surface area contributed by atoms with E-state index in [9.17, 15) is 18.0 Å². The number of rotatable bonds is 4. The third-order valence-electron chi connectivity index (χ3n) is 2.48. The van der Waals surface area contributed by atoms with E-state index in [1.54, 1.807) is 19.1 Å². The number of nitrogens with zero attached hydrogens (tertiary/aromatic N) is 2. The summed E-state index contributed by atoms with van der Waals surface area (Å²) in [5, 5.41) is 3.47. The van der Waals surface area contributed by atoms with Gasteiger partial charge in [0.1, 0.15) is 6.54 Å². The summed E-state index contributed by atoms with van der Waals surface area (Å²) in [4.78, 5) is 12.1. The van der Waals surface area contributed by atoms with Crippen LogP contribution in [-0.2, 0) is 22.3 Å². The Morgan fingerprint density at radius 2 is 2.19 bits per heavy atom. The first-order chi connectivity index (χ1) is 9.81. The van der Waals surface area contributed by atoms with Crippen molar-refractivity contribution < 1.29 is 22.7 Å². The fraction of sp³-hybridized carbons (Fsp3) is 0.333. The molecule has 2 rings (SSSR count). The number of hydrogen-bond acceptors (Lipinski definition) is 4. The van der Waals surface area contributed by atoms with E-state index >= 15 is 0 Å². The van der Waals surface area contributed by atoms with Gasteiger partial charge >= 0.3 is 12.1 Å². The van der Waals surface area contributed by atoms with Gasteiger partial charge in [0, 0.05) is 0 Å². The normalized spacial score (nSPS) is 11.7. The topological polar surface area (TPSA) is 44.1 Å². The third-order valence-corrected chi connectivity index (χ3v) is 4.13. The molecule has 0 aliphatic rings. The summed E-state index contributed by atoms with van der Waals surface area (Å²) in [6, 6.07) is 4.31. The predicted octanol–water partition coefficient (Wildman–Crippen LogP) is 3.96. The molecule has 2 heterocycles. The molecule has 0 N–H and O–H groups in total. The first-order valence-corrected chi connectivity index (χ1v) is 7.48. The molecule has 9 heteroatoms. The van der Waals surface area contributed by atoms with Gasteiger partial charge in [0.05, 0.1) is 21.0 Å². The van der Waals surface area contributed by atoms with Crippen LogP contribution in [0.2, 0.25) is 0 Å². The maximum atomic E-state index is 12.8. The Kier molecular flexibility index (Phi) is 4.72. The van der Waals surface area contributed by atoms with E-state index < -0.39 is 17.8 Å². The van der Waals surface area contributed by atoms with Crippen LogP contribution < -0.4 is 0 Å².